The zero-order valence-electron chi connectivity index (χ0n) is 12.6. The number of imidazole rings is 1. The smallest absolute Gasteiger partial charge is 0.262 e. The van der Waals surface area contributed by atoms with E-state index >= 15 is 0 Å². The third-order valence-corrected chi connectivity index (χ3v) is 6.12. The summed E-state index contributed by atoms with van der Waals surface area (Å²) in [7, 11) is 0.318. The Bertz CT molecular complexity index is 539. The van der Waals surface area contributed by atoms with Gasteiger partial charge in [-0.2, -0.15) is 4.31 Å². The first-order valence-corrected chi connectivity index (χ1v) is 8.47. The van der Waals surface area contributed by atoms with Gasteiger partial charge in [-0.05, 0) is 39.7 Å². The molecule has 1 saturated heterocycles. The summed E-state index contributed by atoms with van der Waals surface area (Å²) in [4.78, 5) is 4.15. The van der Waals surface area contributed by atoms with E-state index in [-0.39, 0.29) is 5.03 Å². The largest absolute Gasteiger partial charge is 0.337 e. The van der Waals surface area contributed by atoms with Gasteiger partial charge >= 0.3 is 0 Å². The van der Waals surface area contributed by atoms with Gasteiger partial charge in [0.15, 0.2) is 5.03 Å². The van der Waals surface area contributed by atoms with Crippen molar-refractivity contribution >= 4 is 10.0 Å². The molecule has 20 heavy (non-hydrogen) atoms. The van der Waals surface area contributed by atoms with E-state index in [1.165, 1.54) is 0 Å². The standard InChI is InChI=1S/C13H24N4O2S/c1-10(14-3)12-5-7-17(8-6-12)20(18,19)13-9-16(4)11(2)15-13/h9-10,12,14H,5-8H2,1-4H3. The van der Waals surface area contributed by atoms with Crippen molar-refractivity contribution in [3.05, 3.63) is 12.0 Å². The monoisotopic (exact) mass is 300 g/mol. The van der Waals surface area contributed by atoms with Crippen LogP contribution in [0.5, 0.6) is 0 Å². The van der Waals surface area contributed by atoms with Gasteiger partial charge in [0.25, 0.3) is 10.0 Å². The van der Waals surface area contributed by atoms with Crippen LogP contribution in [0.2, 0.25) is 0 Å². The van der Waals surface area contributed by atoms with Gasteiger partial charge in [-0.1, -0.05) is 0 Å². The maximum atomic E-state index is 12.5. The molecule has 0 aliphatic carbocycles. The number of nitrogens with one attached hydrogen (secondary N) is 1. The van der Waals surface area contributed by atoms with E-state index in [0.717, 1.165) is 12.8 Å². The van der Waals surface area contributed by atoms with Crippen LogP contribution in [0.3, 0.4) is 0 Å². The topological polar surface area (TPSA) is 67.2 Å². The van der Waals surface area contributed by atoms with E-state index < -0.39 is 10.0 Å². The summed E-state index contributed by atoms with van der Waals surface area (Å²) >= 11 is 0. The summed E-state index contributed by atoms with van der Waals surface area (Å²) in [5, 5.41) is 3.41. The predicted molar refractivity (Wildman–Crippen MR) is 77.9 cm³/mol. The molecule has 114 valence electrons. The van der Waals surface area contributed by atoms with Gasteiger partial charge in [0.2, 0.25) is 0 Å². The molecule has 1 aliphatic heterocycles. The highest BCUT2D eigenvalue weighted by atomic mass is 32.2. The lowest BCUT2D eigenvalue weighted by atomic mass is 9.91. The fraction of sp³-hybridized carbons (Fsp3) is 0.769. The molecule has 1 unspecified atom stereocenters. The average molecular weight is 300 g/mol. The quantitative estimate of drug-likeness (QED) is 0.890. The van der Waals surface area contributed by atoms with Crippen LogP contribution < -0.4 is 5.32 Å². The van der Waals surface area contributed by atoms with Gasteiger partial charge in [0.1, 0.15) is 5.82 Å². The number of piperidine rings is 1. The summed E-state index contributed by atoms with van der Waals surface area (Å²) < 4.78 is 28.4. The van der Waals surface area contributed by atoms with Gasteiger partial charge in [-0.15, -0.1) is 0 Å². The lowest BCUT2D eigenvalue weighted by Crippen LogP contribution is -2.43. The lowest BCUT2D eigenvalue weighted by molar-refractivity contribution is 0.236. The molecule has 0 radical (unpaired) electrons. The van der Waals surface area contributed by atoms with Gasteiger partial charge in [-0.3, -0.25) is 0 Å². The average Bonchev–Trinajstić information content (AvgIpc) is 2.78. The second-order valence-electron chi connectivity index (χ2n) is 5.56. The molecule has 1 aromatic heterocycles. The van der Waals surface area contributed by atoms with E-state index in [0.29, 0.717) is 30.9 Å². The van der Waals surface area contributed by atoms with Crippen molar-refractivity contribution in [1.29, 1.82) is 0 Å². The minimum Gasteiger partial charge on any atom is -0.337 e. The maximum absolute atomic E-state index is 12.5. The van der Waals surface area contributed by atoms with Crippen molar-refractivity contribution in [3.63, 3.8) is 0 Å². The van der Waals surface area contributed by atoms with E-state index in [1.807, 2.05) is 14.1 Å². The normalized spacial score (nSPS) is 20.2. The van der Waals surface area contributed by atoms with Crippen LogP contribution in [-0.2, 0) is 17.1 Å². The maximum Gasteiger partial charge on any atom is 0.262 e. The molecule has 6 nitrogen and oxygen atoms in total. The summed E-state index contributed by atoms with van der Waals surface area (Å²) in [6.45, 7) is 5.11. The Labute approximate surface area is 121 Å². The van der Waals surface area contributed by atoms with Crippen LogP contribution in [0.4, 0.5) is 0 Å². The Hall–Kier alpha value is -0.920. The van der Waals surface area contributed by atoms with Gasteiger partial charge in [0.05, 0.1) is 0 Å². The summed E-state index contributed by atoms with van der Waals surface area (Å²) in [5.41, 5.74) is 0. The Morgan fingerprint density at radius 2 is 2.00 bits per heavy atom. The lowest BCUT2D eigenvalue weighted by Gasteiger charge is -2.33. The first-order chi connectivity index (χ1) is 9.36. The first kappa shape index (κ1) is 15.5. The number of aromatic nitrogens is 2. The van der Waals surface area contributed by atoms with Gasteiger partial charge in [-0.25, -0.2) is 13.4 Å². The number of aryl methyl sites for hydroxylation is 2. The van der Waals surface area contributed by atoms with Crippen LogP contribution in [0.25, 0.3) is 0 Å². The molecule has 2 heterocycles. The van der Waals surface area contributed by atoms with E-state index in [1.54, 1.807) is 22.0 Å². The number of hydrogen-bond acceptors (Lipinski definition) is 4. The van der Waals surface area contributed by atoms with Crippen molar-refractivity contribution < 1.29 is 8.42 Å². The number of nitrogens with zero attached hydrogens (tertiary/aromatic N) is 3. The van der Waals surface area contributed by atoms with Gasteiger partial charge in [0, 0.05) is 32.4 Å². The molecule has 0 saturated carbocycles. The summed E-state index contributed by atoms with van der Waals surface area (Å²) in [6, 6.07) is 0.428. The molecule has 1 atom stereocenters. The Morgan fingerprint density at radius 1 is 1.40 bits per heavy atom. The van der Waals surface area contributed by atoms with Gasteiger partial charge < -0.3 is 9.88 Å². The molecule has 0 spiro atoms. The molecular formula is C13H24N4O2S. The second-order valence-corrected chi connectivity index (χ2v) is 7.44. The Morgan fingerprint density at radius 3 is 2.45 bits per heavy atom. The molecule has 1 N–H and O–H groups in total. The molecule has 1 aliphatic rings. The highest BCUT2D eigenvalue weighted by Crippen LogP contribution is 2.25. The molecule has 2 rings (SSSR count). The van der Waals surface area contributed by atoms with Crippen LogP contribution in [-0.4, -0.2) is 48.5 Å². The first-order valence-electron chi connectivity index (χ1n) is 7.03. The molecule has 0 bridgehead atoms. The summed E-state index contributed by atoms with van der Waals surface area (Å²) in [5.74, 6) is 1.25. The van der Waals surface area contributed by atoms with Crippen LogP contribution >= 0.6 is 0 Å². The Balaban J connectivity index is 2.09. The SMILES string of the molecule is CNC(C)C1CCN(S(=O)(=O)c2cn(C)c(C)n2)CC1. The fourth-order valence-electron chi connectivity index (χ4n) is 2.63. The van der Waals surface area contributed by atoms with E-state index in [4.69, 9.17) is 0 Å². The molecule has 7 heteroatoms. The van der Waals surface area contributed by atoms with E-state index in [9.17, 15) is 8.42 Å². The third kappa shape index (κ3) is 2.89. The van der Waals surface area contributed by atoms with Crippen molar-refractivity contribution in [2.45, 2.75) is 37.8 Å². The number of rotatable bonds is 4. The molecule has 1 fully saturated rings. The predicted octanol–water partition coefficient (Wildman–Crippen LogP) is 0.737. The second kappa shape index (κ2) is 5.83. The van der Waals surface area contributed by atoms with Crippen molar-refractivity contribution in [2.75, 3.05) is 20.1 Å². The highest BCUT2D eigenvalue weighted by molar-refractivity contribution is 7.89. The minimum atomic E-state index is -3.44. The zero-order valence-corrected chi connectivity index (χ0v) is 13.4. The van der Waals surface area contributed by atoms with E-state index in [2.05, 4.69) is 17.2 Å². The van der Waals surface area contributed by atoms with Crippen molar-refractivity contribution in [3.8, 4) is 0 Å². The molecule has 0 amide bonds. The molecule has 1 aromatic rings. The summed E-state index contributed by atoms with van der Waals surface area (Å²) in [6.07, 6.45) is 3.38. The molecular weight excluding hydrogens is 276 g/mol. The third-order valence-electron chi connectivity index (χ3n) is 4.35. The fourth-order valence-corrected chi connectivity index (χ4v) is 4.13. The molecule has 0 aromatic carbocycles. The highest BCUT2D eigenvalue weighted by Gasteiger charge is 2.32. The van der Waals surface area contributed by atoms with Crippen molar-refractivity contribution in [1.82, 2.24) is 19.2 Å². The van der Waals surface area contributed by atoms with Crippen LogP contribution in [0.15, 0.2) is 11.2 Å². The van der Waals surface area contributed by atoms with Crippen LogP contribution in [0, 0.1) is 12.8 Å². The number of sulfonamides is 1. The number of hydrogen-bond donors (Lipinski definition) is 1. The zero-order chi connectivity index (χ0) is 14.9. The van der Waals surface area contributed by atoms with Crippen LogP contribution in [0.1, 0.15) is 25.6 Å². The van der Waals surface area contributed by atoms with Crippen molar-refractivity contribution in [2.24, 2.45) is 13.0 Å². The minimum absolute atomic E-state index is 0.164. The Kier molecular flexibility index (Phi) is 4.51.